The van der Waals surface area contributed by atoms with E-state index in [0.29, 0.717) is 5.95 Å². The number of hydrogen-bond acceptors (Lipinski definition) is 3. The van der Waals surface area contributed by atoms with Gasteiger partial charge in [0.1, 0.15) is 11.2 Å². The van der Waals surface area contributed by atoms with Crippen LogP contribution in [-0.4, -0.2) is 23.7 Å². The summed E-state index contributed by atoms with van der Waals surface area (Å²) in [6.07, 6.45) is 0. The predicted octanol–water partition coefficient (Wildman–Crippen LogP) is 20.6. The maximum absolute atomic E-state index is 6.66. The second kappa shape index (κ2) is 18.0. The summed E-state index contributed by atoms with van der Waals surface area (Å²) in [4.78, 5) is 10.9. The average Bonchev–Trinajstić information content (AvgIpc) is 1.74. The molecule has 18 rings (SSSR count). The minimum Gasteiger partial charge on any atom is -0.456 e. The molecule has 85 heavy (non-hydrogen) atoms. The van der Waals surface area contributed by atoms with Crippen LogP contribution in [0.4, 0.5) is 0 Å². The second-order valence-electron chi connectivity index (χ2n) is 23.3. The summed E-state index contributed by atoms with van der Waals surface area (Å²) in [7, 11) is 0. The van der Waals surface area contributed by atoms with E-state index in [4.69, 9.17) is 14.4 Å². The fourth-order valence-corrected chi connectivity index (χ4v) is 14.3. The Bertz CT molecular complexity index is 5550. The van der Waals surface area contributed by atoms with Crippen molar-refractivity contribution in [2.45, 2.75) is 19.3 Å². The van der Waals surface area contributed by atoms with Crippen LogP contribution in [0.5, 0.6) is 0 Å². The fourth-order valence-electron chi connectivity index (χ4n) is 14.3. The molecule has 5 aromatic heterocycles. The average molecular weight is 1090 g/mol. The summed E-state index contributed by atoms with van der Waals surface area (Å²) in [5.41, 5.74) is 24.3. The Labute approximate surface area is 489 Å². The van der Waals surface area contributed by atoms with E-state index in [9.17, 15) is 0 Å². The largest absolute Gasteiger partial charge is 0.456 e. The smallest absolute Gasteiger partial charge is 0.235 e. The lowest BCUT2D eigenvalue weighted by molar-refractivity contribution is 0.664. The normalized spacial score (nSPS) is 12.9. The molecule has 1 aliphatic rings. The highest BCUT2D eigenvalue weighted by Crippen LogP contribution is 2.53. The standard InChI is InChI=1S/C79H51N5O/c1-79(2)66-29-17-15-27-56(66)58-35-36-59-60-41-50(31-37-70(60)83(77(59)76(58)79)55-25-13-6-14-26-55)52-33-39-74-64(43-52)65-44-53(34-40-75(65)85-74)51-32-38-71-61(42-51)63-46-72-62(57-28-16-18-30-69(57)82(72)54-23-11-5-12-24-54)45-73(63)84(71)78-80-67(48-19-7-3-8-20-48)47-68(81-78)49-21-9-4-10-22-49/h3-47H,1-2H3. The summed E-state index contributed by atoms with van der Waals surface area (Å²) in [5, 5.41) is 9.21. The Morgan fingerprint density at radius 2 is 0.765 bits per heavy atom. The third-order valence-corrected chi connectivity index (χ3v) is 18.2. The molecule has 398 valence electrons. The zero-order valence-electron chi connectivity index (χ0n) is 46.6. The first-order valence-corrected chi connectivity index (χ1v) is 29.2. The highest BCUT2D eigenvalue weighted by Gasteiger charge is 2.38. The van der Waals surface area contributed by atoms with Crippen LogP contribution in [0.15, 0.2) is 277 Å². The van der Waals surface area contributed by atoms with Crippen LogP contribution < -0.4 is 0 Å². The Hall–Kier alpha value is -11.1. The lowest BCUT2D eigenvalue weighted by Crippen LogP contribution is -2.16. The van der Waals surface area contributed by atoms with Crippen LogP contribution in [-0.2, 0) is 5.41 Å². The van der Waals surface area contributed by atoms with E-state index in [-0.39, 0.29) is 5.41 Å². The van der Waals surface area contributed by atoms with Crippen molar-refractivity contribution in [1.82, 2.24) is 23.7 Å². The third-order valence-electron chi connectivity index (χ3n) is 18.2. The molecule has 0 radical (unpaired) electrons. The van der Waals surface area contributed by atoms with E-state index in [2.05, 4.69) is 288 Å². The maximum atomic E-state index is 6.66. The van der Waals surface area contributed by atoms with Gasteiger partial charge in [-0.2, -0.15) is 0 Å². The van der Waals surface area contributed by atoms with Gasteiger partial charge in [0.05, 0.1) is 44.5 Å². The molecule has 12 aromatic carbocycles. The molecular formula is C79H51N5O. The molecule has 1 aliphatic carbocycles. The Morgan fingerprint density at radius 3 is 1.39 bits per heavy atom. The number of aromatic nitrogens is 5. The van der Waals surface area contributed by atoms with Crippen LogP contribution in [0.1, 0.15) is 25.0 Å². The van der Waals surface area contributed by atoms with Gasteiger partial charge in [-0.25, -0.2) is 9.97 Å². The van der Waals surface area contributed by atoms with E-state index in [0.717, 1.165) is 116 Å². The van der Waals surface area contributed by atoms with E-state index in [1.54, 1.807) is 0 Å². The lowest BCUT2D eigenvalue weighted by Gasteiger charge is -2.23. The monoisotopic (exact) mass is 1090 g/mol. The molecule has 0 saturated heterocycles. The van der Waals surface area contributed by atoms with Crippen molar-refractivity contribution in [2.75, 3.05) is 0 Å². The third kappa shape index (κ3) is 7.06. The molecule has 6 nitrogen and oxygen atoms in total. The predicted molar refractivity (Wildman–Crippen MR) is 352 cm³/mol. The van der Waals surface area contributed by atoms with Gasteiger partial charge >= 0.3 is 0 Å². The van der Waals surface area contributed by atoms with Gasteiger partial charge in [-0.3, -0.25) is 4.57 Å². The highest BCUT2D eigenvalue weighted by atomic mass is 16.3. The summed E-state index contributed by atoms with van der Waals surface area (Å²) < 4.78 is 13.8. The van der Waals surface area contributed by atoms with Crippen LogP contribution >= 0.6 is 0 Å². The van der Waals surface area contributed by atoms with Gasteiger partial charge in [0.2, 0.25) is 5.95 Å². The fraction of sp³-hybridized carbons (Fsp3) is 0.0380. The first kappa shape index (κ1) is 47.5. The van der Waals surface area contributed by atoms with Crippen LogP contribution in [0.2, 0.25) is 0 Å². The van der Waals surface area contributed by atoms with E-state index in [1.165, 1.54) is 49.4 Å². The van der Waals surface area contributed by atoms with Crippen LogP contribution in [0.25, 0.3) is 161 Å². The molecule has 5 heterocycles. The second-order valence-corrected chi connectivity index (χ2v) is 23.3. The molecule has 0 unspecified atom stereocenters. The number of nitrogens with zero attached hydrogens (tertiary/aromatic N) is 5. The van der Waals surface area contributed by atoms with Crippen molar-refractivity contribution in [3.05, 3.63) is 284 Å². The summed E-state index contributed by atoms with van der Waals surface area (Å²) in [5.74, 6) is 0.612. The molecule has 0 N–H and O–H groups in total. The lowest BCUT2D eigenvalue weighted by atomic mass is 9.81. The minimum absolute atomic E-state index is 0.179. The molecule has 17 aromatic rings. The van der Waals surface area contributed by atoms with E-state index < -0.39 is 0 Å². The van der Waals surface area contributed by atoms with Crippen molar-refractivity contribution < 1.29 is 4.42 Å². The van der Waals surface area contributed by atoms with Gasteiger partial charge in [0, 0.05) is 71.0 Å². The molecule has 0 saturated carbocycles. The van der Waals surface area contributed by atoms with Crippen LogP contribution in [0.3, 0.4) is 0 Å². The number of hydrogen-bond donors (Lipinski definition) is 0. The molecule has 0 atom stereocenters. The molecule has 0 bridgehead atoms. The topological polar surface area (TPSA) is 53.7 Å². The summed E-state index contributed by atoms with van der Waals surface area (Å²) in [6, 6.07) is 98.8. The first-order valence-electron chi connectivity index (χ1n) is 29.2. The number of rotatable bonds is 7. The quantitative estimate of drug-likeness (QED) is 0.160. The number of fused-ring (bicyclic) bond motifs is 16. The van der Waals surface area contributed by atoms with Crippen molar-refractivity contribution in [1.29, 1.82) is 0 Å². The summed E-state index contributed by atoms with van der Waals surface area (Å²) in [6.45, 7) is 4.77. The molecule has 6 heteroatoms. The molecule has 0 aliphatic heterocycles. The van der Waals surface area contributed by atoms with Crippen molar-refractivity contribution in [3.63, 3.8) is 0 Å². The maximum Gasteiger partial charge on any atom is 0.235 e. The molecule has 0 spiro atoms. The number of para-hydroxylation sites is 3. The molecule has 0 fully saturated rings. The van der Waals surface area contributed by atoms with Gasteiger partial charge < -0.3 is 13.6 Å². The first-order chi connectivity index (χ1) is 41.9. The van der Waals surface area contributed by atoms with Gasteiger partial charge in [-0.15, -0.1) is 0 Å². The van der Waals surface area contributed by atoms with Gasteiger partial charge in [0.15, 0.2) is 0 Å². The van der Waals surface area contributed by atoms with Crippen LogP contribution in [0, 0.1) is 0 Å². The van der Waals surface area contributed by atoms with Crippen molar-refractivity contribution >= 4 is 87.4 Å². The Morgan fingerprint density at radius 1 is 0.306 bits per heavy atom. The summed E-state index contributed by atoms with van der Waals surface area (Å²) >= 11 is 0. The van der Waals surface area contributed by atoms with E-state index >= 15 is 0 Å². The van der Waals surface area contributed by atoms with E-state index in [1.807, 2.05) is 12.1 Å². The highest BCUT2D eigenvalue weighted by molar-refractivity contribution is 6.20. The van der Waals surface area contributed by atoms with Gasteiger partial charge in [-0.05, 0) is 142 Å². The Kier molecular flexibility index (Phi) is 10.0. The minimum atomic E-state index is -0.179. The number of benzene rings is 12. The molecule has 0 amide bonds. The Balaban J connectivity index is 0.817. The van der Waals surface area contributed by atoms with Gasteiger partial charge in [0.25, 0.3) is 0 Å². The zero-order chi connectivity index (χ0) is 56.1. The SMILES string of the molecule is CC1(C)c2ccccc2-c2ccc3c4cc(-c5ccc6oc7ccc(-c8ccc9c(c8)c8cc%10c(cc8n9-c8nc(-c9ccccc9)cc(-c9ccccc9)n8)c8ccccc8n%10-c8ccccc8)cc7c6c5)ccc4n(-c4ccccc4)c3c21. The molecular weight excluding hydrogens is 1030 g/mol. The number of furan rings is 1. The zero-order valence-corrected chi connectivity index (χ0v) is 46.6. The van der Waals surface area contributed by atoms with Crippen molar-refractivity contribution in [2.24, 2.45) is 0 Å². The van der Waals surface area contributed by atoms with Gasteiger partial charge in [-0.1, -0.05) is 190 Å². The van der Waals surface area contributed by atoms with Crippen molar-refractivity contribution in [3.8, 4) is 73.2 Å².